The lowest BCUT2D eigenvalue weighted by Gasteiger charge is -1.95. The highest BCUT2D eigenvalue weighted by Crippen LogP contribution is 2.33. The van der Waals surface area contributed by atoms with Gasteiger partial charge in [0.25, 0.3) is 0 Å². The van der Waals surface area contributed by atoms with Crippen molar-refractivity contribution in [3.63, 3.8) is 0 Å². The zero-order valence-corrected chi connectivity index (χ0v) is 14.6. The van der Waals surface area contributed by atoms with E-state index >= 15 is 0 Å². The predicted molar refractivity (Wildman–Crippen MR) is 87.2 cm³/mol. The second kappa shape index (κ2) is 6.28. The third kappa shape index (κ3) is 3.63. The van der Waals surface area contributed by atoms with Gasteiger partial charge in [0.2, 0.25) is 0 Å². The highest BCUT2D eigenvalue weighted by molar-refractivity contribution is 9.13. The fourth-order valence-corrected chi connectivity index (χ4v) is 3.57. The van der Waals surface area contributed by atoms with Gasteiger partial charge in [-0.25, -0.2) is 0 Å². The van der Waals surface area contributed by atoms with Crippen molar-refractivity contribution in [2.45, 2.75) is 0 Å². The zero-order chi connectivity index (χ0) is 13.1. The first-order valence-corrected chi connectivity index (χ1v) is 8.18. The van der Waals surface area contributed by atoms with E-state index in [1.54, 1.807) is 29.5 Å². The molecule has 5 heteroatoms. The summed E-state index contributed by atoms with van der Waals surface area (Å²) in [7, 11) is 0. The topological polar surface area (TPSA) is 17.1 Å². The Kier molecular flexibility index (Phi) is 4.95. The molecule has 1 heterocycles. The summed E-state index contributed by atoms with van der Waals surface area (Å²) in [5, 5.41) is 0. The minimum absolute atomic E-state index is 0.00291. The molecule has 0 aliphatic rings. The fraction of sp³-hybridized carbons (Fsp3) is 0. The van der Waals surface area contributed by atoms with Crippen molar-refractivity contribution in [2.24, 2.45) is 0 Å². The summed E-state index contributed by atoms with van der Waals surface area (Å²) in [5.74, 6) is 0.00291. The van der Waals surface area contributed by atoms with E-state index in [1.165, 1.54) is 0 Å². The first-order valence-electron chi connectivity index (χ1n) is 4.99. The lowest BCUT2D eigenvalue weighted by molar-refractivity contribution is 0.104. The van der Waals surface area contributed by atoms with Gasteiger partial charge in [0, 0.05) is 19.4 Å². The first-order chi connectivity index (χ1) is 8.56. The molecule has 1 aromatic carbocycles. The molecule has 2 rings (SSSR count). The summed E-state index contributed by atoms with van der Waals surface area (Å²) in [5.41, 5.74) is 0.684. The van der Waals surface area contributed by atoms with Crippen molar-refractivity contribution in [3.8, 4) is 0 Å². The molecule has 0 aliphatic heterocycles. The van der Waals surface area contributed by atoms with E-state index in [4.69, 9.17) is 0 Å². The van der Waals surface area contributed by atoms with Crippen LogP contribution in [0.15, 0.2) is 49.1 Å². The number of thiophene rings is 1. The molecular formula is C13H7Br3OS. The molecule has 0 aliphatic carbocycles. The van der Waals surface area contributed by atoms with Gasteiger partial charge in [-0.05, 0) is 74.3 Å². The SMILES string of the molecule is O=C(/C=C/c1cc(Br)c(Br)s1)c1ccc(Br)cc1. The summed E-state index contributed by atoms with van der Waals surface area (Å²) in [6.45, 7) is 0. The van der Waals surface area contributed by atoms with E-state index < -0.39 is 0 Å². The number of benzene rings is 1. The second-order valence-corrected chi connectivity index (χ2v) is 7.65. The van der Waals surface area contributed by atoms with Gasteiger partial charge in [0.05, 0.1) is 3.79 Å². The number of hydrogen-bond acceptors (Lipinski definition) is 2. The molecule has 0 saturated carbocycles. The smallest absolute Gasteiger partial charge is 0.185 e. The predicted octanol–water partition coefficient (Wildman–Crippen LogP) is 5.93. The van der Waals surface area contributed by atoms with Crippen LogP contribution in [0.1, 0.15) is 15.2 Å². The highest BCUT2D eigenvalue weighted by atomic mass is 79.9. The molecule has 2 aromatic rings. The van der Waals surface area contributed by atoms with Crippen LogP contribution in [-0.2, 0) is 0 Å². The zero-order valence-electron chi connectivity index (χ0n) is 8.99. The van der Waals surface area contributed by atoms with Crippen LogP contribution in [0.2, 0.25) is 0 Å². The van der Waals surface area contributed by atoms with Crippen LogP contribution in [0.5, 0.6) is 0 Å². The van der Waals surface area contributed by atoms with E-state index in [2.05, 4.69) is 47.8 Å². The Morgan fingerprint density at radius 3 is 2.33 bits per heavy atom. The second-order valence-electron chi connectivity index (χ2n) is 3.47. The van der Waals surface area contributed by atoms with Gasteiger partial charge in [-0.1, -0.05) is 15.9 Å². The molecule has 1 aromatic heterocycles. The minimum atomic E-state index is 0.00291. The Balaban J connectivity index is 2.14. The molecule has 18 heavy (non-hydrogen) atoms. The summed E-state index contributed by atoms with van der Waals surface area (Å²) >= 11 is 11.8. The molecule has 0 bridgehead atoms. The van der Waals surface area contributed by atoms with E-state index in [-0.39, 0.29) is 5.78 Å². The minimum Gasteiger partial charge on any atom is -0.289 e. The largest absolute Gasteiger partial charge is 0.289 e. The number of ketones is 1. The van der Waals surface area contributed by atoms with Crippen LogP contribution in [0, 0.1) is 0 Å². The Labute approximate surface area is 134 Å². The number of halogens is 3. The third-order valence-electron chi connectivity index (χ3n) is 2.19. The number of carbonyl (C=O) groups is 1. The molecule has 0 saturated heterocycles. The van der Waals surface area contributed by atoms with Crippen molar-refractivity contribution < 1.29 is 4.79 Å². The summed E-state index contributed by atoms with van der Waals surface area (Å²) in [6, 6.07) is 9.30. The number of allylic oxidation sites excluding steroid dienone is 1. The summed E-state index contributed by atoms with van der Waals surface area (Å²) in [4.78, 5) is 12.9. The van der Waals surface area contributed by atoms with Crippen molar-refractivity contribution in [2.75, 3.05) is 0 Å². The van der Waals surface area contributed by atoms with Crippen molar-refractivity contribution in [3.05, 3.63) is 59.6 Å². The molecule has 0 fully saturated rings. The maximum Gasteiger partial charge on any atom is 0.185 e. The maximum absolute atomic E-state index is 11.9. The van der Waals surface area contributed by atoms with Crippen LogP contribution >= 0.6 is 59.1 Å². The van der Waals surface area contributed by atoms with Crippen LogP contribution < -0.4 is 0 Å². The number of hydrogen-bond donors (Lipinski definition) is 0. The Bertz CT molecular complexity index is 580. The van der Waals surface area contributed by atoms with Crippen molar-refractivity contribution >= 4 is 71.0 Å². The fourth-order valence-electron chi connectivity index (χ4n) is 1.31. The Hall–Kier alpha value is -0.230. The molecule has 0 amide bonds. The highest BCUT2D eigenvalue weighted by Gasteiger charge is 2.03. The van der Waals surface area contributed by atoms with Gasteiger partial charge in [-0.15, -0.1) is 11.3 Å². The molecule has 0 radical (unpaired) electrons. The van der Waals surface area contributed by atoms with E-state index in [0.717, 1.165) is 17.6 Å². The standard InChI is InChI=1S/C13H7Br3OS/c14-9-3-1-8(2-4-9)12(17)6-5-10-7-11(15)13(16)18-10/h1-7H/b6-5+. The molecular weight excluding hydrogens is 444 g/mol. The Morgan fingerprint density at radius 1 is 1.11 bits per heavy atom. The van der Waals surface area contributed by atoms with Gasteiger partial charge in [-0.2, -0.15) is 0 Å². The molecule has 0 unspecified atom stereocenters. The first kappa shape index (κ1) is 14.2. The third-order valence-corrected chi connectivity index (χ3v) is 5.94. The number of carbonyl (C=O) groups excluding carboxylic acids is 1. The van der Waals surface area contributed by atoms with Crippen LogP contribution in [-0.4, -0.2) is 5.78 Å². The molecule has 92 valence electrons. The molecule has 1 nitrogen and oxygen atoms in total. The Morgan fingerprint density at radius 2 is 1.78 bits per heavy atom. The van der Waals surface area contributed by atoms with Crippen LogP contribution in [0.4, 0.5) is 0 Å². The van der Waals surface area contributed by atoms with Crippen molar-refractivity contribution in [1.29, 1.82) is 0 Å². The van der Waals surface area contributed by atoms with Gasteiger partial charge in [-0.3, -0.25) is 4.79 Å². The van der Waals surface area contributed by atoms with Crippen LogP contribution in [0.3, 0.4) is 0 Å². The maximum atomic E-state index is 11.9. The van der Waals surface area contributed by atoms with Gasteiger partial charge >= 0.3 is 0 Å². The van der Waals surface area contributed by atoms with E-state index in [0.29, 0.717) is 5.56 Å². The van der Waals surface area contributed by atoms with E-state index in [1.807, 2.05) is 24.3 Å². The molecule has 0 atom stereocenters. The lowest BCUT2D eigenvalue weighted by atomic mass is 10.1. The summed E-state index contributed by atoms with van der Waals surface area (Å²) < 4.78 is 3.00. The average Bonchev–Trinajstić information content (AvgIpc) is 2.67. The van der Waals surface area contributed by atoms with Crippen LogP contribution in [0.25, 0.3) is 6.08 Å². The van der Waals surface area contributed by atoms with Gasteiger partial charge in [0.15, 0.2) is 5.78 Å². The van der Waals surface area contributed by atoms with Gasteiger partial charge in [0.1, 0.15) is 0 Å². The lowest BCUT2D eigenvalue weighted by Crippen LogP contribution is -1.92. The van der Waals surface area contributed by atoms with Crippen molar-refractivity contribution in [1.82, 2.24) is 0 Å². The monoisotopic (exact) mass is 448 g/mol. The van der Waals surface area contributed by atoms with E-state index in [9.17, 15) is 4.79 Å². The average molecular weight is 451 g/mol. The molecule has 0 spiro atoms. The normalized spacial score (nSPS) is 11.1. The molecule has 0 N–H and O–H groups in total. The quantitative estimate of drug-likeness (QED) is 0.418. The van der Waals surface area contributed by atoms with Gasteiger partial charge < -0.3 is 0 Å². The summed E-state index contributed by atoms with van der Waals surface area (Å²) in [6.07, 6.45) is 3.42. The number of rotatable bonds is 3.